The number of carbonyl (C=O) groups is 1. The summed E-state index contributed by atoms with van der Waals surface area (Å²) in [7, 11) is 3.14. The quantitative estimate of drug-likeness (QED) is 0.641. The normalized spacial score (nSPS) is 10.1. The summed E-state index contributed by atoms with van der Waals surface area (Å²) in [6.07, 6.45) is 4.78. The molecular formula is C15H13FN2O2. The van der Waals surface area contributed by atoms with Crippen molar-refractivity contribution in [2.45, 2.75) is 0 Å². The van der Waals surface area contributed by atoms with Gasteiger partial charge >= 0.3 is 6.09 Å². The zero-order valence-corrected chi connectivity index (χ0v) is 11.1. The number of terminal acetylenes is 1. The fraction of sp³-hybridized carbons (Fsp3) is 0.133. The van der Waals surface area contributed by atoms with Crippen LogP contribution in [0.15, 0.2) is 24.3 Å². The number of ether oxygens (including phenoxy) is 1. The largest absolute Gasteiger partial charge is 0.414 e. The van der Waals surface area contributed by atoms with E-state index in [4.69, 9.17) is 16.9 Å². The molecule has 0 bridgehead atoms. The minimum Gasteiger partial charge on any atom is -0.410 e. The molecule has 0 aliphatic carbocycles. The maximum atomic E-state index is 13.6. The third kappa shape index (κ3) is 2.36. The third-order valence-corrected chi connectivity index (χ3v) is 2.79. The Hall–Kier alpha value is -2.74. The van der Waals surface area contributed by atoms with Gasteiger partial charge in [0.25, 0.3) is 0 Å². The summed E-state index contributed by atoms with van der Waals surface area (Å²) in [5.41, 5.74) is 6.25. The number of nitrogen functional groups attached to an aromatic ring is 1. The number of benzene rings is 2. The van der Waals surface area contributed by atoms with Crippen molar-refractivity contribution in [2.24, 2.45) is 0 Å². The molecule has 0 radical (unpaired) electrons. The van der Waals surface area contributed by atoms with Crippen LogP contribution >= 0.6 is 0 Å². The maximum absolute atomic E-state index is 13.6. The lowest BCUT2D eigenvalue weighted by Crippen LogP contribution is -2.25. The number of nitrogens with zero attached hydrogens (tertiary/aromatic N) is 1. The van der Waals surface area contributed by atoms with E-state index in [2.05, 4.69) is 5.92 Å². The topological polar surface area (TPSA) is 55.6 Å². The van der Waals surface area contributed by atoms with E-state index >= 15 is 0 Å². The second-order valence-corrected chi connectivity index (χ2v) is 4.44. The van der Waals surface area contributed by atoms with Gasteiger partial charge in [0, 0.05) is 31.2 Å². The molecule has 2 aromatic carbocycles. The van der Waals surface area contributed by atoms with Gasteiger partial charge in [-0.2, -0.15) is 0 Å². The summed E-state index contributed by atoms with van der Waals surface area (Å²) in [5.74, 6) is 2.06. The first-order valence-corrected chi connectivity index (χ1v) is 5.81. The van der Waals surface area contributed by atoms with Crippen LogP contribution in [0.25, 0.3) is 10.8 Å². The molecule has 20 heavy (non-hydrogen) atoms. The summed E-state index contributed by atoms with van der Waals surface area (Å²) >= 11 is 0. The lowest BCUT2D eigenvalue weighted by atomic mass is 10.0. The van der Waals surface area contributed by atoms with E-state index in [9.17, 15) is 9.18 Å². The van der Waals surface area contributed by atoms with Gasteiger partial charge in [-0.05, 0) is 17.5 Å². The molecule has 0 atom stereocenters. The molecule has 4 nitrogen and oxygen atoms in total. The van der Waals surface area contributed by atoms with Gasteiger partial charge in [-0.3, -0.25) is 0 Å². The van der Waals surface area contributed by atoms with Crippen molar-refractivity contribution in [1.29, 1.82) is 0 Å². The highest BCUT2D eigenvalue weighted by Crippen LogP contribution is 2.31. The fourth-order valence-electron chi connectivity index (χ4n) is 1.84. The van der Waals surface area contributed by atoms with Crippen LogP contribution < -0.4 is 10.5 Å². The van der Waals surface area contributed by atoms with Gasteiger partial charge in [-0.15, -0.1) is 6.42 Å². The summed E-state index contributed by atoms with van der Waals surface area (Å²) in [6.45, 7) is 0. The smallest absolute Gasteiger partial charge is 0.410 e. The van der Waals surface area contributed by atoms with Crippen LogP contribution in [0, 0.1) is 18.2 Å². The molecule has 5 heteroatoms. The number of hydrogen-bond donors (Lipinski definition) is 1. The fourth-order valence-corrected chi connectivity index (χ4v) is 1.84. The summed E-state index contributed by atoms with van der Waals surface area (Å²) in [6, 6.07) is 5.83. The van der Waals surface area contributed by atoms with Crippen molar-refractivity contribution in [2.75, 3.05) is 19.8 Å². The van der Waals surface area contributed by atoms with E-state index in [1.807, 2.05) is 0 Å². The standard InChI is InChI=1S/C15H13FN2O2/c1-4-11-12(16)6-5-9-7-10(8-13(17)14(9)11)20-15(19)18(2)3/h1,5-8H,17H2,2-3H3. The van der Waals surface area contributed by atoms with Gasteiger partial charge in [-0.1, -0.05) is 12.0 Å². The summed E-state index contributed by atoms with van der Waals surface area (Å²) in [5, 5.41) is 1.05. The first-order chi connectivity index (χ1) is 9.43. The minimum atomic E-state index is -0.525. The molecule has 1 amide bonds. The van der Waals surface area contributed by atoms with Crippen molar-refractivity contribution in [3.8, 4) is 18.1 Å². The second-order valence-electron chi connectivity index (χ2n) is 4.44. The van der Waals surface area contributed by atoms with Crippen molar-refractivity contribution < 1.29 is 13.9 Å². The number of nitrogens with two attached hydrogens (primary N) is 1. The maximum Gasteiger partial charge on any atom is 0.414 e. The van der Waals surface area contributed by atoms with E-state index in [0.717, 1.165) is 0 Å². The Balaban J connectivity index is 2.58. The Morgan fingerprint density at radius 2 is 2.10 bits per heavy atom. The highest BCUT2D eigenvalue weighted by atomic mass is 19.1. The van der Waals surface area contributed by atoms with E-state index in [-0.39, 0.29) is 17.0 Å². The number of amides is 1. The van der Waals surface area contributed by atoms with Crippen LogP contribution in [0.1, 0.15) is 5.56 Å². The highest BCUT2D eigenvalue weighted by molar-refractivity contribution is 5.99. The summed E-state index contributed by atoms with van der Waals surface area (Å²) in [4.78, 5) is 12.8. The Morgan fingerprint density at radius 3 is 2.70 bits per heavy atom. The van der Waals surface area contributed by atoms with Gasteiger partial charge < -0.3 is 15.4 Å². The van der Waals surface area contributed by atoms with Gasteiger partial charge in [0.05, 0.1) is 5.56 Å². The molecule has 0 heterocycles. The molecule has 0 aliphatic rings. The van der Waals surface area contributed by atoms with Gasteiger partial charge in [0.1, 0.15) is 11.6 Å². The Kier molecular flexibility index (Phi) is 3.49. The van der Waals surface area contributed by atoms with Gasteiger partial charge in [-0.25, -0.2) is 9.18 Å². The molecule has 0 aromatic heterocycles. The highest BCUT2D eigenvalue weighted by Gasteiger charge is 2.13. The number of carbonyl (C=O) groups excluding carboxylic acids is 1. The monoisotopic (exact) mass is 272 g/mol. The number of halogens is 1. The number of fused-ring (bicyclic) bond motifs is 1. The first-order valence-electron chi connectivity index (χ1n) is 5.81. The molecule has 0 saturated carbocycles. The van der Waals surface area contributed by atoms with Gasteiger partial charge in [0.15, 0.2) is 0 Å². The number of anilines is 1. The molecule has 0 saturated heterocycles. The molecule has 102 valence electrons. The predicted molar refractivity (Wildman–Crippen MR) is 76.0 cm³/mol. The lowest BCUT2D eigenvalue weighted by Gasteiger charge is -2.13. The van der Waals surface area contributed by atoms with Crippen molar-refractivity contribution >= 4 is 22.6 Å². The van der Waals surface area contributed by atoms with Gasteiger partial charge in [0.2, 0.25) is 0 Å². The second kappa shape index (κ2) is 5.10. The molecule has 2 aromatic rings. The zero-order valence-electron chi connectivity index (χ0n) is 11.1. The van der Waals surface area contributed by atoms with Crippen LogP contribution in [-0.2, 0) is 0 Å². The predicted octanol–water partition coefficient (Wildman–Crippen LogP) is 2.60. The molecule has 0 unspecified atom stereocenters. The molecule has 2 rings (SSSR count). The van der Waals surface area contributed by atoms with Crippen LogP contribution in [0.2, 0.25) is 0 Å². The Bertz CT molecular complexity index is 733. The summed E-state index contributed by atoms with van der Waals surface area (Å²) < 4.78 is 18.8. The van der Waals surface area contributed by atoms with Crippen molar-refractivity contribution in [1.82, 2.24) is 4.90 Å². The first kappa shape index (κ1) is 13.7. The molecule has 0 spiro atoms. The van der Waals surface area contributed by atoms with Crippen molar-refractivity contribution in [3.05, 3.63) is 35.6 Å². The Labute approximate surface area is 115 Å². The Morgan fingerprint density at radius 1 is 1.40 bits per heavy atom. The number of hydrogen-bond acceptors (Lipinski definition) is 3. The molecule has 2 N–H and O–H groups in total. The van der Waals surface area contributed by atoms with E-state index in [1.165, 1.54) is 23.1 Å². The SMILES string of the molecule is C#Cc1c(F)ccc2cc(OC(=O)N(C)C)cc(N)c12. The average molecular weight is 272 g/mol. The van der Waals surface area contributed by atoms with Crippen LogP contribution in [0.4, 0.5) is 14.9 Å². The zero-order chi connectivity index (χ0) is 14.9. The lowest BCUT2D eigenvalue weighted by molar-refractivity contribution is 0.172. The van der Waals surface area contributed by atoms with E-state index in [1.54, 1.807) is 20.2 Å². The van der Waals surface area contributed by atoms with Crippen LogP contribution in [0.3, 0.4) is 0 Å². The minimum absolute atomic E-state index is 0.102. The van der Waals surface area contributed by atoms with E-state index < -0.39 is 11.9 Å². The third-order valence-electron chi connectivity index (χ3n) is 2.79. The molecule has 0 aliphatic heterocycles. The van der Waals surface area contributed by atoms with Crippen molar-refractivity contribution in [3.63, 3.8) is 0 Å². The van der Waals surface area contributed by atoms with Crippen LogP contribution in [0.5, 0.6) is 5.75 Å². The molecular weight excluding hydrogens is 259 g/mol. The molecule has 0 fully saturated rings. The average Bonchev–Trinajstić information content (AvgIpc) is 2.39. The number of rotatable bonds is 1. The van der Waals surface area contributed by atoms with Crippen LogP contribution in [-0.4, -0.2) is 25.1 Å². The van der Waals surface area contributed by atoms with E-state index in [0.29, 0.717) is 10.8 Å².